The van der Waals surface area contributed by atoms with Crippen LogP contribution in [0.4, 0.5) is 5.69 Å². The van der Waals surface area contributed by atoms with Crippen LogP contribution in [0.25, 0.3) is 10.4 Å². The van der Waals surface area contributed by atoms with Gasteiger partial charge in [-0.15, -0.1) is 11.3 Å². The highest BCUT2D eigenvalue weighted by Gasteiger charge is 2.18. The van der Waals surface area contributed by atoms with Gasteiger partial charge in [-0.25, -0.2) is 0 Å². The highest BCUT2D eigenvalue weighted by molar-refractivity contribution is 7.16. The number of nitrogen functional groups attached to an aromatic ring is 1. The van der Waals surface area contributed by atoms with E-state index in [9.17, 15) is 0 Å². The Morgan fingerprint density at radius 1 is 1.47 bits per heavy atom. The predicted molar refractivity (Wildman–Crippen MR) is 77.5 cm³/mol. The van der Waals surface area contributed by atoms with Gasteiger partial charge in [-0.1, -0.05) is 6.92 Å². The lowest BCUT2D eigenvalue weighted by Gasteiger charge is -2.05. The van der Waals surface area contributed by atoms with Crippen molar-refractivity contribution in [3.8, 4) is 22.3 Å². The normalized spacial score (nSPS) is 12.8. The third-order valence-electron chi connectivity index (χ3n) is 3.45. The summed E-state index contributed by atoms with van der Waals surface area (Å²) in [7, 11) is 0. The van der Waals surface area contributed by atoms with E-state index in [1.54, 1.807) is 0 Å². The van der Waals surface area contributed by atoms with Crippen molar-refractivity contribution in [1.29, 1.82) is 5.26 Å². The molecular weight excluding hydrogens is 256 g/mol. The first kappa shape index (κ1) is 12.1. The monoisotopic (exact) mass is 270 g/mol. The molecule has 0 aliphatic carbocycles. The maximum atomic E-state index is 9.11. The van der Waals surface area contributed by atoms with E-state index in [1.165, 1.54) is 16.9 Å². The van der Waals surface area contributed by atoms with Crippen LogP contribution in [0, 0.1) is 11.3 Å². The molecule has 19 heavy (non-hydrogen) atoms. The van der Waals surface area contributed by atoms with Crippen LogP contribution in [0.2, 0.25) is 0 Å². The molecular formula is C15H14N2OS. The highest BCUT2D eigenvalue weighted by Crippen LogP contribution is 2.40. The Balaban J connectivity index is 2.14. The summed E-state index contributed by atoms with van der Waals surface area (Å²) in [4.78, 5) is 1.73. The fraction of sp³-hybridized carbons (Fsp3) is 0.267. The number of benzene rings is 1. The van der Waals surface area contributed by atoms with Gasteiger partial charge in [-0.05, 0) is 41.3 Å². The van der Waals surface area contributed by atoms with Crippen LogP contribution in [0.15, 0.2) is 18.2 Å². The van der Waals surface area contributed by atoms with E-state index < -0.39 is 0 Å². The van der Waals surface area contributed by atoms with Crippen molar-refractivity contribution in [2.45, 2.75) is 19.8 Å². The minimum atomic E-state index is 0.614. The summed E-state index contributed by atoms with van der Waals surface area (Å²) in [6.45, 7) is 2.83. The number of thiophene rings is 1. The largest absolute Gasteiger partial charge is 0.493 e. The molecule has 3 nitrogen and oxygen atoms in total. The summed E-state index contributed by atoms with van der Waals surface area (Å²) in [6, 6.07) is 8.41. The van der Waals surface area contributed by atoms with E-state index in [0.717, 1.165) is 41.2 Å². The van der Waals surface area contributed by atoms with Gasteiger partial charge in [0.15, 0.2) is 0 Å². The Hall–Kier alpha value is -1.99. The molecule has 1 aromatic carbocycles. The summed E-state index contributed by atoms with van der Waals surface area (Å²) in [5, 5.41) is 9.11. The highest BCUT2D eigenvalue weighted by atomic mass is 32.1. The van der Waals surface area contributed by atoms with Gasteiger partial charge >= 0.3 is 0 Å². The zero-order valence-corrected chi connectivity index (χ0v) is 11.5. The van der Waals surface area contributed by atoms with E-state index in [-0.39, 0.29) is 0 Å². The zero-order valence-electron chi connectivity index (χ0n) is 10.7. The molecule has 0 bridgehead atoms. The van der Waals surface area contributed by atoms with Crippen molar-refractivity contribution in [3.05, 3.63) is 34.2 Å². The number of hydrogen-bond acceptors (Lipinski definition) is 4. The van der Waals surface area contributed by atoms with Crippen LogP contribution in [0.3, 0.4) is 0 Å². The zero-order chi connectivity index (χ0) is 13.4. The summed E-state index contributed by atoms with van der Waals surface area (Å²) >= 11 is 1.48. The average molecular weight is 270 g/mol. The second-order valence-corrected chi connectivity index (χ2v) is 5.56. The third-order valence-corrected chi connectivity index (χ3v) is 4.66. The first-order valence-electron chi connectivity index (χ1n) is 6.32. The van der Waals surface area contributed by atoms with Crippen LogP contribution in [0.1, 0.15) is 22.9 Å². The van der Waals surface area contributed by atoms with E-state index in [0.29, 0.717) is 10.6 Å². The number of anilines is 1. The van der Waals surface area contributed by atoms with Gasteiger partial charge in [0.2, 0.25) is 0 Å². The van der Waals surface area contributed by atoms with Gasteiger partial charge in [0.05, 0.1) is 12.3 Å². The lowest BCUT2D eigenvalue weighted by atomic mass is 10.0. The predicted octanol–water partition coefficient (Wildman–Crippen LogP) is 3.37. The van der Waals surface area contributed by atoms with Crippen molar-refractivity contribution >= 4 is 17.0 Å². The second-order valence-electron chi connectivity index (χ2n) is 4.54. The van der Waals surface area contributed by atoms with Crippen molar-refractivity contribution < 1.29 is 4.74 Å². The molecule has 0 amide bonds. The molecule has 96 valence electrons. The Morgan fingerprint density at radius 2 is 2.32 bits per heavy atom. The molecule has 0 spiro atoms. The first-order valence-corrected chi connectivity index (χ1v) is 7.13. The molecule has 0 atom stereocenters. The maximum absolute atomic E-state index is 9.11. The summed E-state index contributed by atoms with van der Waals surface area (Å²) < 4.78 is 5.52. The summed E-state index contributed by atoms with van der Waals surface area (Å²) in [6.07, 6.45) is 1.80. The number of nitrogens with two attached hydrogens (primary N) is 1. The molecule has 1 aliphatic heterocycles. The van der Waals surface area contributed by atoms with Gasteiger partial charge in [0, 0.05) is 11.3 Å². The molecule has 0 radical (unpaired) electrons. The third kappa shape index (κ3) is 1.87. The van der Waals surface area contributed by atoms with E-state index >= 15 is 0 Å². The smallest absolute Gasteiger partial charge is 0.128 e. The Labute approximate surface area is 116 Å². The summed E-state index contributed by atoms with van der Waals surface area (Å²) in [5.41, 5.74) is 10.1. The Bertz CT molecular complexity index is 682. The van der Waals surface area contributed by atoms with Crippen molar-refractivity contribution in [2.75, 3.05) is 12.3 Å². The number of ether oxygens (including phenoxy) is 1. The number of nitriles is 1. The van der Waals surface area contributed by atoms with Gasteiger partial charge < -0.3 is 10.5 Å². The van der Waals surface area contributed by atoms with Gasteiger partial charge in [-0.3, -0.25) is 0 Å². The Kier molecular flexibility index (Phi) is 2.92. The van der Waals surface area contributed by atoms with Gasteiger partial charge in [-0.2, -0.15) is 5.26 Å². The number of fused-ring (bicyclic) bond motifs is 1. The summed E-state index contributed by atoms with van der Waals surface area (Å²) in [5.74, 6) is 0.979. The van der Waals surface area contributed by atoms with E-state index in [1.807, 2.05) is 6.07 Å². The first-order chi connectivity index (χ1) is 9.24. The molecule has 0 unspecified atom stereocenters. The van der Waals surface area contributed by atoms with E-state index in [2.05, 4.69) is 25.1 Å². The molecule has 4 heteroatoms. The van der Waals surface area contributed by atoms with Crippen LogP contribution in [-0.2, 0) is 12.8 Å². The molecule has 1 aromatic heterocycles. The van der Waals surface area contributed by atoms with Crippen molar-refractivity contribution in [1.82, 2.24) is 0 Å². The molecule has 2 N–H and O–H groups in total. The Morgan fingerprint density at radius 3 is 3.05 bits per heavy atom. The number of hydrogen-bond donors (Lipinski definition) is 1. The molecule has 2 aromatic rings. The lowest BCUT2D eigenvalue weighted by molar-refractivity contribution is 0.357. The number of nitrogens with zero attached hydrogens (tertiary/aromatic N) is 1. The van der Waals surface area contributed by atoms with Crippen LogP contribution in [0.5, 0.6) is 5.75 Å². The molecule has 1 aliphatic rings. The SMILES string of the molecule is CCc1c(-c2ccc3c(c2)CCO3)sc(C#N)c1N. The van der Waals surface area contributed by atoms with Crippen molar-refractivity contribution in [2.24, 2.45) is 0 Å². The average Bonchev–Trinajstić information content (AvgIpc) is 3.01. The van der Waals surface area contributed by atoms with Gasteiger partial charge in [0.1, 0.15) is 16.7 Å². The quantitative estimate of drug-likeness (QED) is 0.910. The maximum Gasteiger partial charge on any atom is 0.128 e. The lowest BCUT2D eigenvalue weighted by Crippen LogP contribution is -1.91. The standard InChI is InChI=1S/C15H14N2OS/c1-2-11-14(17)13(8-16)19-15(11)10-3-4-12-9(7-10)5-6-18-12/h3-4,7H,2,5-6,17H2,1H3. The van der Waals surface area contributed by atoms with Crippen LogP contribution >= 0.6 is 11.3 Å². The van der Waals surface area contributed by atoms with Crippen LogP contribution in [-0.4, -0.2) is 6.61 Å². The number of rotatable bonds is 2. The molecule has 0 saturated heterocycles. The minimum absolute atomic E-state index is 0.614. The minimum Gasteiger partial charge on any atom is -0.493 e. The second kappa shape index (κ2) is 4.60. The van der Waals surface area contributed by atoms with Crippen molar-refractivity contribution in [3.63, 3.8) is 0 Å². The molecule has 3 rings (SSSR count). The fourth-order valence-electron chi connectivity index (χ4n) is 2.47. The van der Waals surface area contributed by atoms with Crippen LogP contribution < -0.4 is 10.5 Å². The van der Waals surface area contributed by atoms with Gasteiger partial charge in [0.25, 0.3) is 0 Å². The molecule has 2 heterocycles. The fourth-order valence-corrected chi connectivity index (χ4v) is 3.58. The topological polar surface area (TPSA) is 59.0 Å². The van der Waals surface area contributed by atoms with E-state index in [4.69, 9.17) is 15.7 Å². The molecule has 0 fully saturated rings. The molecule has 0 saturated carbocycles.